The van der Waals surface area contributed by atoms with Crippen molar-refractivity contribution in [2.45, 2.75) is 39.5 Å². The number of nitrogens with zero attached hydrogens (tertiary/aromatic N) is 2. The van der Waals surface area contributed by atoms with E-state index in [0.29, 0.717) is 0 Å². The topological polar surface area (TPSA) is 24.8 Å². The molecule has 1 unspecified atom stereocenters. The van der Waals surface area contributed by atoms with Crippen molar-refractivity contribution < 1.29 is 4.74 Å². The van der Waals surface area contributed by atoms with E-state index in [0.717, 1.165) is 11.3 Å². The largest absolute Gasteiger partial charge is 0.378 e. The average Bonchev–Trinajstić information content (AvgIpc) is 2.83. The molecule has 3 rings (SSSR count). The monoisotopic (exact) mass is 322 g/mol. The normalized spacial score (nSPS) is 19.2. The number of hydrogen-bond acceptors (Lipinski definition) is 3. The second kappa shape index (κ2) is 6.06. The van der Waals surface area contributed by atoms with Crippen LogP contribution in [0.15, 0.2) is 47.5 Å². The van der Waals surface area contributed by atoms with Crippen molar-refractivity contribution in [3.05, 3.63) is 64.7 Å². The van der Waals surface area contributed by atoms with Crippen LogP contribution in [0.1, 0.15) is 42.2 Å². The zero-order chi connectivity index (χ0) is 17.5. The molecule has 0 fully saturated rings. The van der Waals surface area contributed by atoms with Gasteiger partial charge in [0.1, 0.15) is 6.10 Å². The lowest BCUT2D eigenvalue weighted by Crippen LogP contribution is -2.20. The van der Waals surface area contributed by atoms with Crippen LogP contribution >= 0.6 is 0 Å². The third kappa shape index (κ3) is 3.09. The van der Waals surface area contributed by atoms with Crippen LogP contribution in [-0.2, 0) is 4.74 Å². The molecule has 0 bridgehead atoms. The first-order valence-corrected chi connectivity index (χ1v) is 8.40. The van der Waals surface area contributed by atoms with Gasteiger partial charge in [0.05, 0.1) is 5.71 Å². The molecule has 1 aliphatic heterocycles. The van der Waals surface area contributed by atoms with Crippen molar-refractivity contribution in [2.75, 3.05) is 19.0 Å². The van der Waals surface area contributed by atoms with Crippen LogP contribution in [0.4, 0.5) is 5.69 Å². The van der Waals surface area contributed by atoms with Gasteiger partial charge >= 0.3 is 0 Å². The Labute approximate surface area is 145 Å². The highest BCUT2D eigenvalue weighted by molar-refractivity contribution is 6.05. The molecule has 0 amide bonds. The van der Waals surface area contributed by atoms with E-state index in [-0.39, 0.29) is 6.10 Å². The fraction of sp³-hybridized carbons (Fsp3) is 0.381. The van der Waals surface area contributed by atoms with Crippen LogP contribution < -0.4 is 4.90 Å². The maximum absolute atomic E-state index is 6.35. The van der Waals surface area contributed by atoms with E-state index in [4.69, 9.17) is 9.73 Å². The summed E-state index contributed by atoms with van der Waals surface area (Å²) in [6, 6.07) is 14.8. The Morgan fingerprint density at radius 1 is 1.00 bits per heavy atom. The van der Waals surface area contributed by atoms with Gasteiger partial charge in [-0.2, -0.15) is 0 Å². The Balaban J connectivity index is 2.10. The first-order chi connectivity index (χ1) is 11.3. The highest BCUT2D eigenvalue weighted by Crippen LogP contribution is 2.39. The van der Waals surface area contributed by atoms with Crippen molar-refractivity contribution in [2.24, 2.45) is 4.99 Å². The molecule has 3 heteroatoms. The van der Waals surface area contributed by atoms with E-state index >= 15 is 0 Å². The molecule has 3 nitrogen and oxygen atoms in total. The van der Waals surface area contributed by atoms with E-state index < -0.39 is 5.72 Å². The standard InChI is InChI=1S/C21H26N2O/c1-14-12-17(23(5)6)13-15(2)18(14)20-19(22-21(3,4)24-20)16-10-8-7-9-11-16/h7-13,20H,1-6H3. The van der Waals surface area contributed by atoms with Crippen LogP contribution in [0.25, 0.3) is 0 Å². The van der Waals surface area contributed by atoms with Crippen LogP contribution in [0.3, 0.4) is 0 Å². The molecule has 24 heavy (non-hydrogen) atoms. The number of aliphatic imine (C=N–C) groups is 1. The Hall–Kier alpha value is -2.13. The summed E-state index contributed by atoms with van der Waals surface area (Å²) in [5.41, 5.74) is 6.57. The minimum atomic E-state index is -0.505. The van der Waals surface area contributed by atoms with Gasteiger partial charge in [-0.3, -0.25) is 4.99 Å². The Bertz CT molecular complexity index is 753. The summed E-state index contributed by atoms with van der Waals surface area (Å²) < 4.78 is 6.35. The molecule has 0 saturated heterocycles. The summed E-state index contributed by atoms with van der Waals surface area (Å²) in [4.78, 5) is 7.01. The third-order valence-corrected chi connectivity index (χ3v) is 4.47. The van der Waals surface area contributed by atoms with Gasteiger partial charge in [-0.25, -0.2) is 0 Å². The highest BCUT2D eigenvalue weighted by atomic mass is 16.5. The fourth-order valence-electron chi connectivity index (χ4n) is 3.36. The summed E-state index contributed by atoms with van der Waals surface area (Å²) in [5, 5.41) is 0. The van der Waals surface area contributed by atoms with Crippen molar-refractivity contribution in [1.29, 1.82) is 0 Å². The molecule has 1 atom stereocenters. The van der Waals surface area contributed by atoms with E-state index in [9.17, 15) is 0 Å². The minimum absolute atomic E-state index is 0.126. The van der Waals surface area contributed by atoms with Crippen molar-refractivity contribution in [3.8, 4) is 0 Å². The second-order valence-electron chi connectivity index (χ2n) is 7.20. The first-order valence-electron chi connectivity index (χ1n) is 8.40. The van der Waals surface area contributed by atoms with Crippen LogP contribution in [0.5, 0.6) is 0 Å². The maximum Gasteiger partial charge on any atom is 0.155 e. The molecule has 1 aliphatic rings. The van der Waals surface area contributed by atoms with Crippen molar-refractivity contribution in [3.63, 3.8) is 0 Å². The molecular weight excluding hydrogens is 296 g/mol. The van der Waals surface area contributed by atoms with Gasteiger partial charge in [-0.1, -0.05) is 30.3 Å². The maximum atomic E-state index is 6.35. The molecule has 126 valence electrons. The number of hydrogen-bond donors (Lipinski definition) is 0. The SMILES string of the molecule is Cc1cc(N(C)C)cc(C)c1C1OC(C)(C)N=C1c1ccccc1. The van der Waals surface area contributed by atoms with E-state index in [1.807, 2.05) is 19.9 Å². The van der Waals surface area contributed by atoms with Crippen LogP contribution in [0.2, 0.25) is 0 Å². The minimum Gasteiger partial charge on any atom is -0.378 e. The number of anilines is 1. The van der Waals surface area contributed by atoms with Crippen molar-refractivity contribution in [1.82, 2.24) is 0 Å². The van der Waals surface area contributed by atoms with Crippen molar-refractivity contribution >= 4 is 11.4 Å². The smallest absolute Gasteiger partial charge is 0.155 e. The van der Waals surface area contributed by atoms with Gasteiger partial charge in [0, 0.05) is 19.8 Å². The fourth-order valence-corrected chi connectivity index (χ4v) is 3.36. The molecule has 0 spiro atoms. The number of aryl methyl sites for hydroxylation is 2. The highest BCUT2D eigenvalue weighted by Gasteiger charge is 2.37. The average molecular weight is 322 g/mol. The zero-order valence-corrected chi connectivity index (χ0v) is 15.4. The van der Waals surface area contributed by atoms with E-state index in [1.165, 1.54) is 22.4 Å². The summed E-state index contributed by atoms with van der Waals surface area (Å²) in [7, 11) is 4.14. The van der Waals surface area contributed by atoms with Gasteiger partial charge in [0.25, 0.3) is 0 Å². The zero-order valence-electron chi connectivity index (χ0n) is 15.4. The number of benzene rings is 2. The second-order valence-corrected chi connectivity index (χ2v) is 7.20. The first kappa shape index (κ1) is 16.7. The lowest BCUT2D eigenvalue weighted by molar-refractivity contribution is -0.0164. The van der Waals surface area contributed by atoms with Gasteiger partial charge in [-0.15, -0.1) is 0 Å². The molecule has 0 aromatic heterocycles. The molecule has 1 heterocycles. The summed E-state index contributed by atoms with van der Waals surface area (Å²) in [6.07, 6.45) is -0.126. The quantitative estimate of drug-likeness (QED) is 0.820. The number of rotatable bonds is 3. The Morgan fingerprint density at radius 3 is 2.12 bits per heavy atom. The van der Waals surface area contributed by atoms with Crippen LogP contribution in [-0.4, -0.2) is 25.5 Å². The predicted molar refractivity (Wildman–Crippen MR) is 101 cm³/mol. The molecular formula is C21H26N2O. The predicted octanol–water partition coefficient (Wildman–Crippen LogP) is 4.67. The summed E-state index contributed by atoms with van der Waals surface area (Å²) in [5.74, 6) is 0. The van der Waals surface area contributed by atoms with Gasteiger partial charge in [0.15, 0.2) is 5.72 Å². The Kier molecular flexibility index (Phi) is 4.22. The molecule has 2 aromatic carbocycles. The molecule has 0 N–H and O–H groups in total. The number of ether oxygens (including phenoxy) is 1. The summed E-state index contributed by atoms with van der Waals surface area (Å²) in [6.45, 7) is 8.36. The lowest BCUT2D eigenvalue weighted by atomic mass is 9.92. The molecule has 2 aromatic rings. The molecule has 0 aliphatic carbocycles. The van der Waals surface area contributed by atoms with E-state index in [2.05, 4.69) is 69.2 Å². The van der Waals surface area contributed by atoms with E-state index in [1.54, 1.807) is 0 Å². The van der Waals surface area contributed by atoms with Crippen LogP contribution in [0, 0.1) is 13.8 Å². The molecule has 0 saturated carbocycles. The molecule has 0 radical (unpaired) electrons. The summed E-state index contributed by atoms with van der Waals surface area (Å²) >= 11 is 0. The van der Waals surface area contributed by atoms with Gasteiger partial charge in [-0.05, 0) is 62.1 Å². The van der Waals surface area contributed by atoms with Gasteiger partial charge < -0.3 is 9.64 Å². The lowest BCUT2D eigenvalue weighted by Gasteiger charge is -2.24. The third-order valence-electron chi connectivity index (χ3n) is 4.47. The Morgan fingerprint density at radius 2 is 1.58 bits per heavy atom. The van der Waals surface area contributed by atoms with Gasteiger partial charge in [0.2, 0.25) is 0 Å².